The summed E-state index contributed by atoms with van der Waals surface area (Å²) in [6.45, 7) is 0. The van der Waals surface area contributed by atoms with Crippen molar-refractivity contribution in [3.63, 3.8) is 0 Å². The molecule has 1 heterocycles. The lowest BCUT2D eigenvalue weighted by Crippen LogP contribution is -2.03. The molecule has 2 aromatic carbocycles. The third-order valence-corrected chi connectivity index (χ3v) is 3.72. The lowest BCUT2D eigenvalue weighted by atomic mass is 10.0. The third kappa shape index (κ3) is 2.22. The number of nitrogens with one attached hydrogen (secondary N) is 1. The third-order valence-electron chi connectivity index (χ3n) is 3.05. The van der Waals surface area contributed by atoms with Crippen molar-refractivity contribution >= 4 is 45.8 Å². The Kier molecular flexibility index (Phi) is 3.29. The van der Waals surface area contributed by atoms with E-state index in [1.165, 1.54) is 18.2 Å². The lowest BCUT2D eigenvalue weighted by Gasteiger charge is -2.01. The first-order valence-electron chi connectivity index (χ1n) is 5.83. The number of halogens is 3. The molecule has 0 aliphatic carbocycles. The maximum atomic E-state index is 13.7. The average molecular weight is 383 g/mol. The van der Waals surface area contributed by atoms with Crippen LogP contribution in [0.4, 0.5) is 14.5 Å². The molecule has 0 saturated heterocycles. The topological polar surface area (TPSA) is 29.1 Å². The van der Waals surface area contributed by atoms with Crippen molar-refractivity contribution in [2.45, 2.75) is 0 Å². The summed E-state index contributed by atoms with van der Waals surface area (Å²) in [6, 6.07) is 9.38. The SMILES string of the molecule is O=C1Nc2ccc(I)cc2C1=Cc1cccc(F)c1F. The van der Waals surface area contributed by atoms with Gasteiger partial charge in [0.1, 0.15) is 0 Å². The zero-order valence-corrected chi connectivity index (χ0v) is 12.2. The van der Waals surface area contributed by atoms with E-state index in [0.29, 0.717) is 16.8 Å². The molecule has 0 radical (unpaired) electrons. The second-order valence-corrected chi connectivity index (χ2v) is 5.59. The Morgan fingerprint density at radius 1 is 1.15 bits per heavy atom. The van der Waals surface area contributed by atoms with Gasteiger partial charge in [0.15, 0.2) is 11.6 Å². The molecular formula is C15H8F2INO. The number of fused-ring (bicyclic) bond motifs is 1. The largest absolute Gasteiger partial charge is 0.321 e. The Morgan fingerprint density at radius 3 is 2.75 bits per heavy atom. The Hall–Kier alpha value is -1.76. The summed E-state index contributed by atoms with van der Waals surface area (Å²) in [6.07, 6.45) is 1.37. The van der Waals surface area contributed by atoms with Gasteiger partial charge in [0.05, 0.1) is 0 Å². The van der Waals surface area contributed by atoms with E-state index in [0.717, 1.165) is 9.64 Å². The molecule has 1 aliphatic rings. The smallest absolute Gasteiger partial charge is 0.256 e. The van der Waals surface area contributed by atoms with E-state index in [9.17, 15) is 13.6 Å². The molecule has 0 saturated carbocycles. The Morgan fingerprint density at radius 2 is 1.95 bits per heavy atom. The molecule has 0 fully saturated rings. The molecule has 2 aromatic rings. The number of anilines is 1. The van der Waals surface area contributed by atoms with Crippen molar-refractivity contribution in [1.29, 1.82) is 0 Å². The van der Waals surface area contributed by atoms with Crippen LogP contribution < -0.4 is 5.32 Å². The van der Waals surface area contributed by atoms with E-state index in [4.69, 9.17) is 0 Å². The highest BCUT2D eigenvalue weighted by molar-refractivity contribution is 14.1. The molecule has 0 bridgehead atoms. The number of hydrogen-bond acceptors (Lipinski definition) is 1. The number of carbonyl (C=O) groups excluding carboxylic acids is 1. The summed E-state index contributed by atoms with van der Waals surface area (Å²) < 4.78 is 27.9. The monoisotopic (exact) mass is 383 g/mol. The van der Waals surface area contributed by atoms with Crippen LogP contribution in [0.5, 0.6) is 0 Å². The van der Waals surface area contributed by atoms with Gasteiger partial charge in [-0.2, -0.15) is 0 Å². The predicted molar refractivity (Wildman–Crippen MR) is 82.0 cm³/mol. The second kappa shape index (κ2) is 4.97. The lowest BCUT2D eigenvalue weighted by molar-refractivity contribution is -0.110. The molecule has 2 nitrogen and oxygen atoms in total. The van der Waals surface area contributed by atoms with Gasteiger partial charge >= 0.3 is 0 Å². The first-order chi connectivity index (χ1) is 9.56. The highest BCUT2D eigenvalue weighted by Gasteiger charge is 2.24. The Labute approximate surface area is 127 Å². The number of hydrogen-bond donors (Lipinski definition) is 1. The van der Waals surface area contributed by atoms with Crippen LogP contribution >= 0.6 is 22.6 Å². The fourth-order valence-corrected chi connectivity index (χ4v) is 2.58. The Bertz CT molecular complexity index is 756. The van der Waals surface area contributed by atoms with E-state index in [-0.39, 0.29) is 11.5 Å². The maximum Gasteiger partial charge on any atom is 0.256 e. The van der Waals surface area contributed by atoms with E-state index in [1.54, 1.807) is 6.07 Å². The van der Waals surface area contributed by atoms with E-state index < -0.39 is 11.6 Å². The fraction of sp³-hybridized carbons (Fsp3) is 0. The van der Waals surface area contributed by atoms with Crippen molar-refractivity contribution in [3.05, 3.63) is 62.7 Å². The normalized spacial score (nSPS) is 15.3. The van der Waals surface area contributed by atoms with Crippen LogP contribution in [0, 0.1) is 15.2 Å². The molecule has 100 valence electrons. The molecule has 0 aromatic heterocycles. The van der Waals surface area contributed by atoms with Crippen LogP contribution in [-0.4, -0.2) is 5.91 Å². The van der Waals surface area contributed by atoms with Crippen LogP contribution in [0.1, 0.15) is 11.1 Å². The summed E-state index contributed by atoms with van der Waals surface area (Å²) in [5.41, 5.74) is 1.77. The van der Waals surface area contributed by atoms with Crippen LogP contribution in [0.3, 0.4) is 0 Å². The molecule has 5 heteroatoms. The highest BCUT2D eigenvalue weighted by Crippen LogP contribution is 2.34. The van der Waals surface area contributed by atoms with Crippen molar-refractivity contribution in [3.8, 4) is 0 Å². The number of carbonyl (C=O) groups is 1. The van der Waals surface area contributed by atoms with Crippen molar-refractivity contribution in [1.82, 2.24) is 0 Å². The first kappa shape index (κ1) is 13.2. The minimum atomic E-state index is -0.952. The molecule has 20 heavy (non-hydrogen) atoms. The van der Waals surface area contributed by atoms with Crippen LogP contribution in [-0.2, 0) is 4.79 Å². The van der Waals surface area contributed by atoms with E-state index in [1.807, 2.05) is 12.1 Å². The minimum Gasteiger partial charge on any atom is -0.321 e. The van der Waals surface area contributed by atoms with Crippen molar-refractivity contribution in [2.24, 2.45) is 0 Å². The molecule has 1 amide bonds. The van der Waals surface area contributed by atoms with Gasteiger partial charge in [0, 0.05) is 26.0 Å². The summed E-state index contributed by atoms with van der Waals surface area (Å²) in [5.74, 6) is -2.20. The zero-order valence-electron chi connectivity index (χ0n) is 10.1. The molecule has 1 N–H and O–H groups in total. The molecule has 1 aliphatic heterocycles. The van der Waals surface area contributed by atoms with Gasteiger partial charge in [0.25, 0.3) is 5.91 Å². The van der Waals surface area contributed by atoms with Crippen LogP contribution in [0.25, 0.3) is 11.6 Å². The minimum absolute atomic E-state index is 0.0573. The van der Waals surface area contributed by atoms with Gasteiger partial charge < -0.3 is 5.32 Å². The van der Waals surface area contributed by atoms with Gasteiger partial charge in [-0.25, -0.2) is 8.78 Å². The summed E-state index contributed by atoms with van der Waals surface area (Å²) in [7, 11) is 0. The summed E-state index contributed by atoms with van der Waals surface area (Å²) in [5, 5.41) is 2.70. The number of benzene rings is 2. The van der Waals surface area contributed by atoms with E-state index in [2.05, 4.69) is 27.9 Å². The number of amides is 1. The predicted octanol–water partition coefficient (Wildman–Crippen LogP) is 4.06. The molecule has 0 spiro atoms. The zero-order chi connectivity index (χ0) is 14.3. The summed E-state index contributed by atoms with van der Waals surface area (Å²) in [4.78, 5) is 11.9. The summed E-state index contributed by atoms with van der Waals surface area (Å²) >= 11 is 2.13. The van der Waals surface area contributed by atoms with E-state index >= 15 is 0 Å². The average Bonchev–Trinajstić information content (AvgIpc) is 2.71. The Balaban J connectivity index is 2.15. The van der Waals surface area contributed by atoms with Gasteiger partial charge in [-0.15, -0.1) is 0 Å². The van der Waals surface area contributed by atoms with Gasteiger partial charge in [-0.3, -0.25) is 4.79 Å². The van der Waals surface area contributed by atoms with Gasteiger partial charge in [-0.05, 0) is 52.9 Å². The van der Waals surface area contributed by atoms with Crippen molar-refractivity contribution in [2.75, 3.05) is 5.32 Å². The first-order valence-corrected chi connectivity index (χ1v) is 6.91. The second-order valence-electron chi connectivity index (χ2n) is 4.35. The highest BCUT2D eigenvalue weighted by atomic mass is 127. The quantitative estimate of drug-likeness (QED) is 0.584. The number of rotatable bonds is 1. The van der Waals surface area contributed by atoms with Crippen molar-refractivity contribution < 1.29 is 13.6 Å². The van der Waals surface area contributed by atoms with Crippen LogP contribution in [0.2, 0.25) is 0 Å². The molecule has 0 atom stereocenters. The maximum absolute atomic E-state index is 13.7. The fourth-order valence-electron chi connectivity index (χ4n) is 2.09. The van der Waals surface area contributed by atoms with Gasteiger partial charge in [0.2, 0.25) is 0 Å². The van der Waals surface area contributed by atoms with Gasteiger partial charge in [-0.1, -0.05) is 12.1 Å². The molecule has 3 rings (SSSR count). The molecule has 0 unspecified atom stereocenters. The van der Waals surface area contributed by atoms with Crippen LogP contribution in [0.15, 0.2) is 36.4 Å². The standard InChI is InChI=1S/C15H8F2INO/c16-12-3-1-2-8(14(12)17)6-11-10-7-9(18)4-5-13(10)19-15(11)20/h1-7H,(H,19,20). The molecular weight excluding hydrogens is 375 g/mol.